The zero-order valence-electron chi connectivity index (χ0n) is 21.8. The second-order valence-electron chi connectivity index (χ2n) is 9.44. The molecule has 1 amide bonds. The normalized spacial score (nSPS) is 13.9. The number of nitriles is 1. The molecule has 0 bridgehead atoms. The summed E-state index contributed by atoms with van der Waals surface area (Å²) in [5, 5.41) is 11.6. The van der Waals surface area contributed by atoms with Crippen molar-refractivity contribution < 1.29 is 27.2 Å². The summed E-state index contributed by atoms with van der Waals surface area (Å²) in [6.45, 7) is 0.227. The van der Waals surface area contributed by atoms with E-state index < -0.39 is 34.7 Å². The van der Waals surface area contributed by atoms with Gasteiger partial charge in [0.1, 0.15) is 23.7 Å². The Labute approximate surface area is 238 Å². The van der Waals surface area contributed by atoms with Crippen molar-refractivity contribution in [2.75, 3.05) is 23.4 Å². The highest BCUT2D eigenvalue weighted by atomic mass is 32.1. The fraction of sp³-hybridized carbons (Fsp3) is 0.286. The van der Waals surface area contributed by atoms with E-state index >= 15 is 4.39 Å². The van der Waals surface area contributed by atoms with Gasteiger partial charge in [0.2, 0.25) is 0 Å². The molecule has 1 aromatic carbocycles. The molecule has 8 nitrogen and oxygen atoms in total. The van der Waals surface area contributed by atoms with Crippen molar-refractivity contribution >= 4 is 40.9 Å². The summed E-state index contributed by atoms with van der Waals surface area (Å²) in [6, 6.07) is 11.3. The molecule has 2 heterocycles. The molecule has 0 saturated heterocycles. The lowest BCUT2D eigenvalue weighted by Gasteiger charge is -2.48. The van der Waals surface area contributed by atoms with E-state index in [0.717, 1.165) is 24.0 Å². The van der Waals surface area contributed by atoms with Crippen LogP contribution in [0.15, 0.2) is 54.9 Å². The summed E-state index contributed by atoms with van der Waals surface area (Å²) < 4.78 is 55.9. The number of rotatable bonds is 8. The van der Waals surface area contributed by atoms with E-state index in [9.17, 15) is 22.8 Å². The number of carbonyl (C=O) groups excluding carboxylic acids is 2. The predicted octanol–water partition coefficient (Wildman–Crippen LogP) is 4.83. The Bertz CT molecular complexity index is 1510. The van der Waals surface area contributed by atoms with Crippen LogP contribution in [0, 0.1) is 17.1 Å². The topological polar surface area (TPSA) is 102 Å². The van der Waals surface area contributed by atoms with Crippen molar-refractivity contribution in [3.05, 3.63) is 83.2 Å². The molecule has 0 radical (unpaired) electrons. The Morgan fingerprint density at radius 3 is 2.51 bits per heavy atom. The summed E-state index contributed by atoms with van der Waals surface area (Å²) in [5.41, 5.74) is -2.60. The highest BCUT2D eigenvalue weighted by Gasteiger charge is 2.46. The highest BCUT2D eigenvalue weighted by molar-refractivity contribution is 7.80. The van der Waals surface area contributed by atoms with Crippen LogP contribution in [0.2, 0.25) is 0 Å². The third-order valence-corrected chi connectivity index (χ3v) is 7.34. The molecule has 2 aromatic heterocycles. The second kappa shape index (κ2) is 12.0. The molecule has 3 aromatic rings. The van der Waals surface area contributed by atoms with Gasteiger partial charge in [-0.2, -0.15) is 18.4 Å². The fourth-order valence-electron chi connectivity index (χ4n) is 4.47. The number of halogens is 4. The number of thiocarbonyl (C=S) groups is 1. The van der Waals surface area contributed by atoms with Gasteiger partial charge in [-0.25, -0.2) is 9.37 Å². The summed E-state index contributed by atoms with van der Waals surface area (Å²) in [5.74, 6) is -1.51. The van der Waals surface area contributed by atoms with Gasteiger partial charge < -0.3 is 19.9 Å². The van der Waals surface area contributed by atoms with Crippen LogP contribution in [0.5, 0.6) is 0 Å². The number of nitrogens with zero attached hydrogens (tertiary/aromatic N) is 5. The molecular formula is C28H24F4N6O2S. The molecule has 1 fully saturated rings. The third-order valence-electron chi connectivity index (χ3n) is 6.88. The summed E-state index contributed by atoms with van der Waals surface area (Å²) >= 11 is 5.62. The first-order chi connectivity index (χ1) is 19.5. The van der Waals surface area contributed by atoms with Crippen molar-refractivity contribution in [3.63, 3.8) is 0 Å². The van der Waals surface area contributed by atoms with Crippen LogP contribution in [-0.2, 0) is 17.4 Å². The number of nitrogens with one attached hydrogen (secondary N) is 1. The van der Waals surface area contributed by atoms with E-state index in [0.29, 0.717) is 32.0 Å². The van der Waals surface area contributed by atoms with Crippen LogP contribution in [0.3, 0.4) is 0 Å². The number of anilines is 2. The van der Waals surface area contributed by atoms with E-state index in [2.05, 4.69) is 15.3 Å². The number of alkyl halides is 3. The van der Waals surface area contributed by atoms with E-state index in [1.54, 1.807) is 18.3 Å². The number of pyridine rings is 2. The van der Waals surface area contributed by atoms with Gasteiger partial charge in [-0.3, -0.25) is 9.78 Å². The van der Waals surface area contributed by atoms with Crippen molar-refractivity contribution in [1.82, 2.24) is 15.3 Å². The molecule has 41 heavy (non-hydrogen) atoms. The number of carbonyl (C=O) groups is 2. The second-order valence-corrected chi connectivity index (χ2v) is 9.81. The van der Waals surface area contributed by atoms with Gasteiger partial charge in [0.05, 0.1) is 23.0 Å². The van der Waals surface area contributed by atoms with Crippen LogP contribution < -0.4 is 15.1 Å². The minimum Gasteiger partial charge on any atom is -0.352 e. The molecule has 1 N–H and O–H groups in total. The van der Waals surface area contributed by atoms with Crippen molar-refractivity contribution in [3.8, 4) is 6.07 Å². The lowest BCUT2D eigenvalue weighted by atomic mass is 9.76. The van der Waals surface area contributed by atoms with E-state index in [1.165, 1.54) is 35.0 Å². The van der Waals surface area contributed by atoms with Gasteiger partial charge in [-0.05, 0) is 67.9 Å². The molecule has 1 saturated carbocycles. The van der Waals surface area contributed by atoms with Gasteiger partial charge in [0.25, 0.3) is 5.91 Å². The molecule has 0 spiro atoms. The van der Waals surface area contributed by atoms with Crippen molar-refractivity contribution in [2.45, 2.75) is 37.4 Å². The number of hydrogen-bond acceptors (Lipinski definition) is 6. The molecule has 13 heteroatoms. The van der Waals surface area contributed by atoms with Gasteiger partial charge in [0, 0.05) is 37.6 Å². The number of aromatic nitrogens is 2. The number of hydrogen-bond donors (Lipinski definition) is 1. The quantitative estimate of drug-likeness (QED) is 0.228. The Balaban J connectivity index is 1.61. The SMILES string of the molecule is CN(C(=S)N(c1ccc(C(=O)NCCc2ccccn2)c(F)c1)C1(C=O)CCC1)c1cnc(C#N)c(C(F)(F)F)c1. The molecular weight excluding hydrogens is 560 g/mol. The molecule has 0 atom stereocenters. The molecule has 0 aliphatic heterocycles. The first kappa shape index (κ1) is 29.5. The van der Waals surface area contributed by atoms with Gasteiger partial charge in [0.15, 0.2) is 10.8 Å². The summed E-state index contributed by atoms with van der Waals surface area (Å²) in [6.07, 6.45) is 0.412. The zero-order chi connectivity index (χ0) is 29.8. The maximum atomic E-state index is 15.3. The van der Waals surface area contributed by atoms with Crippen LogP contribution >= 0.6 is 12.2 Å². The Morgan fingerprint density at radius 1 is 1.20 bits per heavy atom. The first-order valence-electron chi connectivity index (χ1n) is 12.5. The predicted molar refractivity (Wildman–Crippen MR) is 147 cm³/mol. The number of aldehydes is 1. The van der Waals surface area contributed by atoms with E-state index in [1.807, 2.05) is 6.07 Å². The van der Waals surface area contributed by atoms with E-state index in [4.69, 9.17) is 17.5 Å². The fourth-order valence-corrected chi connectivity index (χ4v) is 4.86. The minimum atomic E-state index is -4.84. The lowest BCUT2D eigenvalue weighted by Crippen LogP contribution is -2.60. The average Bonchev–Trinajstić information content (AvgIpc) is 2.93. The number of benzene rings is 1. The van der Waals surface area contributed by atoms with Crippen molar-refractivity contribution in [1.29, 1.82) is 5.26 Å². The monoisotopic (exact) mass is 584 g/mol. The molecule has 4 rings (SSSR count). The molecule has 0 unspecified atom stereocenters. The average molecular weight is 585 g/mol. The van der Waals surface area contributed by atoms with Crippen LogP contribution in [-0.4, -0.2) is 46.4 Å². The van der Waals surface area contributed by atoms with Crippen LogP contribution in [0.4, 0.5) is 28.9 Å². The molecule has 1 aliphatic rings. The minimum absolute atomic E-state index is 0.0870. The largest absolute Gasteiger partial charge is 0.419 e. The first-order valence-corrected chi connectivity index (χ1v) is 12.9. The highest BCUT2D eigenvalue weighted by Crippen LogP contribution is 2.41. The Hall–Kier alpha value is -4.44. The maximum absolute atomic E-state index is 15.3. The van der Waals surface area contributed by atoms with Crippen LogP contribution in [0.1, 0.15) is 46.6 Å². The lowest BCUT2D eigenvalue weighted by molar-refractivity contribution is -0.138. The molecule has 1 aliphatic carbocycles. The zero-order valence-corrected chi connectivity index (χ0v) is 22.6. The summed E-state index contributed by atoms with van der Waals surface area (Å²) in [4.78, 5) is 35.3. The Kier molecular flexibility index (Phi) is 8.63. The van der Waals surface area contributed by atoms with Crippen molar-refractivity contribution in [2.24, 2.45) is 0 Å². The standard InChI is InChI=1S/C28H24F4N6O2S/c1-37(20-13-22(28(30,31)32)24(15-33)36-16-20)26(41)38(27(17-39)9-4-10-27)19-6-7-21(23(29)14-19)25(40)35-12-8-18-5-2-3-11-34-18/h2-3,5-7,11,13-14,16-17H,4,8-10,12H2,1H3,(H,35,40). The smallest absolute Gasteiger partial charge is 0.352 e. The molecule has 212 valence electrons. The van der Waals surface area contributed by atoms with Gasteiger partial charge in [-0.1, -0.05) is 6.07 Å². The summed E-state index contributed by atoms with van der Waals surface area (Å²) in [7, 11) is 1.38. The Morgan fingerprint density at radius 2 is 1.95 bits per heavy atom. The van der Waals surface area contributed by atoms with Crippen LogP contribution in [0.25, 0.3) is 0 Å². The van der Waals surface area contributed by atoms with Gasteiger partial charge >= 0.3 is 6.18 Å². The number of amides is 1. The van der Waals surface area contributed by atoms with Gasteiger partial charge in [-0.15, -0.1) is 0 Å². The third kappa shape index (κ3) is 6.17. The van der Waals surface area contributed by atoms with E-state index in [-0.39, 0.29) is 28.6 Å². The maximum Gasteiger partial charge on any atom is 0.419 e.